The summed E-state index contributed by atoms with van der Waals surface area (Å²) < 4.78 is 11.6. The number of hydrogen-bond acceptors (Lipinski definition) is 3. The zero-order valence-electron chi connectivity index (χ0n) is 12.0. The van der Waals surface area contributed by atoms with Gasteiger partial charge in [-0.05, 0) is 64.9 Å². The second kappa shape index (κ2) is 7.13. The molecule has 0 radical (unpaired) electrons. The highest BCUT2D eigenvalue weighted by molar-refractivity contribution is 14.1. The van der Waals surface area contributed by atoms with Gasteiger partial charge in [0.05, 0.1) is 23.5 Å². The Morgan fingerprint density at radius 3 is 2.52 bits per heavy atom. The van der Waals surface area contributed by atoms with Crippen molar-refractivity contribution in [3.05, 3.63) is 50.1 Å². The first-order valence-corrected chi connectivity index (χ1v) is 7.72. The molecule has 0 aliphatic heterocycles. The highest BCUT2D eigenvalue weighted by atomic mass is 127. The summed E-state index contributed by atoms with van der Waals surface area (Å²) in [6.07, 6.45) is 1.78. The molecule has 0 aliphatic rings. The van der Waals surface area contributed by atoms with Crippen molar-refractivity contribution in [2.45, 2.75) is 6.92 Å². The highest BCUT2D eigenvalue weighted by Gasteiger charge is 2.09. The summed E-state index contributed by atoms with van der Waals surface area (Å²) >= 11 is 8.31. The standard InChI is InChI=1S/C16H15ClINO2/c1-10-4-5-12(8-13(10)17)19-9-11-6-14(18)16(21-3)15(7-11)20-2/h4-9H,1-3H3. The summed E-state index contributed by atoms with van der Waals surface area (Å²) in [5.74, 6) is 1.42. The number of methoxy groups -OCH3 is 2. The minimum absolute atomic E-state index is 0.688. The number of nitrogens with zero attached hydrogens (tertiary/aromatic N) is 1. The largest absolute Gasteiger partial charge is 0.493 e. The molecule has 110 valence electrons. The van der Waals surface area contributed by atoms with Crippen molar-refractivity contribution in [1.29, 1.82) is 0 Å². The van der Waals surface area contributed by atoms with Crippen molar-refractivity contribution < 1.29 is 9.47 Å². The van der Waals surface area contributed by atoms with Crippen LogP contribution < -0.4 is 9.47 Å². The van der Waals surface area contributed by atoms with E-state index in [-0.39, 0.29) is 0 Å². The molecule has 2 aromatic carbocycles. The zero-order chi connectivity index (χ0) is 15.4. The van der Waals surface area contributed by atoms with Crippen LogP contribution in [0, 0.1) is 10.5 Å². The number of aryl methyl sites for hydroxylation is 1. The van der Waals surface area contributed by atoms with Gasteiger partial charge in [-0.1, -0.05) is 17.7 Å². The lowest BCUT2D eigenvalue weighted by molar-refractivity contribution is 0.353. The van der Waals surface area contributed by atoms with Crippen LogP contribution in [0.2, 0.25) is 5.02 Å². The third kappa shape index (κ3) is 3.89. The Morgan fingerprint density at radius 2 is 1.90 bits per heavy atom. The summed E-state index contributed by atoms with van der Waals surface area (Å²) in [6, 6.07) is 9.61. The fraction of sp³-hybridized carbons (Fsp3) is 0.188. The Morgan fingerprint density at radius 1 is 1.14 bits per heavy atom. The fourth-order valence-corrected chi connectivity index (χ4v) is 2.84. The predicted octanol–water partition coefficient (Wildman–Crippen LogP) is 5.02. The van der Waals surface area contributed by atoms with Gasteiger partial charge in [0.25, 0.3) is 0 Å². The van der Waals surface area contributed by atoms with Gasteiger partial charge in [-0.15, -0.1) is 0 Å². The van der Waals surface area contributed by atoms with E-state index in [0.29, 0.717) is 10.8 Å². The van der Waals surface area contributed by atoms with Crippen LogP contribution in [0.1, 0.15) is 11.1 Å². The molecule has 21 heavy (non-hydrogen) atoms. The van der Waals surface area contributed by atoms with Crippen molar-refractivity contribution in [3.63, 3.8) is 0 Å². The first kappa shape index (κ1) is 16.1. The Balaban J connectivity index is 2.32. The van der Waals surface area contributed by atoms with Crippen LogP contribution >= 0.6 is 34.2 Å². The molecule has 5 heteroatoms. The summed E-state index contributed by atoms with van der Waals surface area (Å²) in [6.45, 7) is 1.96. The van der Waals surface area contributed by atoms with E-state index < -0.39 is 0 Å². The molecule has 0 aliphatic carbocycles. The molecular weight excluding hydrogens is 401 g/mol. The Kier molecular flexibility index (Phi) is 5.47. The first-order chi connectivity index (χ1) is 10.0. The smallest absolute Gasteiger partial charge is 0.174 e. The van der Waals surface area contributed by atoms with Gasteiger partial charge in [-0.2, -0.15) is 0 Å². The molecule has 0 unspecified atom stereocenters. The Hall–Kier alpha value is -1.27. The van der Waals surface area contributed by atoms with Gasteiger partial charge in [0.15, 0.2) is 11.5 Å². The maximum atomic E-state index is 6.10. The van der Waals surface area contributed by atoms with E-state index in [1.165, 1.54) is 0 Å². The topological polar surface area (TPSA) is 30.8 Å². The average Bonchev–Trinajstić information content (AvgIpc) is 2.47. The van der Waals surface area contributed by atoms with Crippen LogP contribution in [0.4, 0.5) is 5.69 Å². The normalized spacial score (nSPS) is 10.9. The number of halogens is 2. The molecular formula is C16H15ClINO2. The summed E-state index contributed by atoms with van der Waals surface area (Å²) in [4.78, 5) is 4.44. The fourth-order valence-electron chi connectivity index (χ4n) is 1.82. The maximum Gasteiger partial charge on any atom is 0.174 e. The van der Waals surface area contributed by atoms with E-state index in [4.69, 9.17) is 21.1 Å². The van der Waals surface area contributed by atoms with E-state index in [9.17, 15) is 0 Å². The van der Waals surface area contributed by atoms with Crippen molar-refractivity contribution in [2.24, 2.45) is 4.99 Å². The molecule has 0 spiro atoms. The number of benzene rings is 2. The minimum atomic E-state index is 0.688. The SMILES string of the molecule is COc1cc(C=Nc2ccc(C)c(Cl)c2)cc(I)c1OC. The van der Waals surface area contributed by atoms with Crippen LogP contribution in [0.3, 0.4) is 0 Å². The van der Waals surface area contributed by atoms with Gasteiger partial charge in [-0.3, -0.25) is 4.99 Å². The average molecular weight is 416 g/mol. The molecule has 0 saturated heterocycles. The molecule has 0 bridgehead atoms. The summed E-state index contributed by atoms with van der Waals surface area (Å²) in [5, 5.41) is 0.714. The number of rotatable bonds is 4. The molecule has 0 N–H and O–H groups in total. The summed E-state index contributed by atoms with van der Waals surface area (Å²) in [5.41, 5.74) is 2.79. The maximum absolute atomic E-state index is 6.10. The van der Waals surface area contributed by atoms with Gasteiger partial charge in [0.2, 0.25) is 0 Å². The molecule has 0 heterocycles. The zero-order valence-corrected chi connectivity index (χ0v) is 14.9. The van der Waals surface area contributed by atoms with Gasteiger partial charge in [0.1, 0.15) is 0 Å². The van der Waals surface area contributed by atoms with Crippen molar-refractivity contribution in [3.8, 4) is 11.5 Å². The molecule has 0 amide bonds. The number of hydrogen-bond donors (Lipinski definition) is 0. The predicted molar refractivity (Wildman–Crippen MR) is 95.7 cm³/mol. The van der Waals surface area contributed by atoms with Crippen molar-refractivity contribution >= 4 is 46.1 Å². The third-order valence-corrected chi connectivity index (χ3v) is 4.18. The van der Waals surface area contributed by atoms with E-state index in [0.717, 1.165) is 26.1 Å². The number of aliphatic imine (C=N–C) groups is 1. The second-order valence-electron chi connectivity index (χ2n) is 4.43. The van der Waals surface area contributed by atoms with E-state index >= 15 is 0 Å². The lowest BCUT2D eigenvalue weighted by Crippen LogP contribution is -1.95. The monoisotopic (exact) mass is 415 g/mol. The first-order valence-electron chi connectivity index (χ1n) is 6.27. The molecule has 3 nitrogen and oxygen atoms in total. The lowest BCUT2D eigenvalue weighted by Gasteiger charge is -2.10. The highest BCUT2D eigenvalue weighted by Crippen LogP contribution is 2.33. The van der Waals surface area contributed by atoms with Gasteiger partial charge >= 0.3 is 0 Å². The van der Waals surface area contributed by atoms with E-state index in [1.807, 2.05) is 37.3 Å². The lowest BCUT2D eigenvalue weighted by atomic mass is 10.2. The van der Waals surface area contributed by atoms with Crippen LogP contribution in [0.15, 0.2) is 35.3 Å². The Labute approximate surface area is 143 Å². The van der Waals surface area contributed by atoms with Crippen LogP contribution in [-0.2, 0) is 0 Å². The van der Waals surface area contributed by atoms with E-state index in [1.54, 1.807) is 20.4 Å². The third-order valence-electron chi connectivity index (χ3n) is 2.97. The molecule has 0 fully saturated rings. The van der Waals surface area contributed by atoms with Crippen LogP contribution in [0.5, 0.6) is 11.5 Å². The van der Waals surface area contributed by atoms with Gasteiger partial charge in [0, 0.05) is 11.2 Å². The molecule has 0 aromatic heterocycles. The van der Waals surface area contributed by atoms with Gasteiger partial charge in [-0.25, -0.2) is 0 Å². The van der Waals surface area contributed by atoms with Crippen molar-refractivity contribution in [1.82, 2.24) is 0 Å². The molecule has 2 rings (SSSR count). The number of ether oxygens (including phenoxy) is 2. The Bertz CT molecular complexity index is 686. The second-order valence-corrected chi connectivity index (χ2v) is 6.00. The quantitative estimate of drug-likeness (QED) is 0.518. The molecule has 2 aromatic rings. The molecule has 0 atom stereocenters. The van der Waals surface area contributed by atoms with Crippen molar-refractivity contribution in [2.75, 3.05) is 14.2 Å². The minimum Gasteiger partial charge on any atom is -0.493 e. The summed E-state index contributed by atoms with van der Waals surface area (Å²) in [7, 11) is 3.25. The van der Waals surface area contributed by atoms with Crippen LogP contribution in [-0.4, -0.2) is 20.4 Å². The van der Waals surface area contributed by atoms with E-state index in [2.05, 4.69) is 27.6 Å². The van der Waals surface area contributed by atoms with Crippen LogP contribution in [0.25, 0.3) is 0 Å². The van der Waals surface area contributed by atoms with Gasteiger partial charge < -0.3 is 9.47 Å². The molecule has 0 saturated carbocycles.